The van der Waals surface area contributed by atoms with Crippen LogP contribution in [0.15, 0.2) is 83.9 Å². The fourth-order valence-electron chi connectivity index (χ4n) is 3.82. The first kappa shape index (κ1) is 24.6. The minimum absolute atomic E-state index is 0.170. The molecule has 1 saturated heterocycles. The Morgan fingerprint density at radius 2 is 1.78 bits per heavy atom. The third kappa shape index (κ3) is 4.92. The molecule has 5 nitrogen and oxygen atoms in total. The normalized spacial score (nSPS) is 14.6. The summed E-state index contributed by atoms with van der Waals surface area (Å²) in [6.45, 7) is 0.311. The molecule has 2 heterocycles. The maximum absolute atomic E-state index is 13.3. The Hall–Kier alpha value is -3.10. The van der Waals surface area contributed by atoms with Crippen LogP contribution in [0.5, 0.6) is 5.75 Å². The molecule has 1 fully saturated rings. The molecule has 36 heavy (non-hydrogen) atoms. The van der Waals surface area contributed by atoms with Gasteiger partial charge < -0.3 is 4.74 Å². The van der Waals surface area contributed by atoms with Crippen molar-refractivity contribution in [2.75, 3.05) is 7.11 Å². The number of methoxy groups -OCH3 is 1. The maximum Gasteiger partial charge on any atom is 0.266 e. The Morgan fingerprint density at radius 3 is 2.50 bits per heavy atom. The SMILES string of the molecule is COc1ccc(-c2nn(-c3ccccc3)cc2C=C2SC(=S)N(Cc3ccccc3Cl)C2=O)cc1Cl. The van der Waals surface area contributed by atoms with Crippen LogP contribution in [0.4, 0.5) is 0 Å². The Morgan fingerprint density at radius 1 is 1.03 bits per heavy atom. The smallest absolute Gasteiger partial charge is 0.266 e. The summed E-state index contributed by atoms with van der Waals surface area (Å²) in [6.07, 6.45) is 3.72. The number of amides is 1. The van der Waals surface area contributed by atoms with E-state index in [1.165, 1.54) is 11.8 Å². The van der Waals surface area contributed by atoms with Gasteiger partial charge in [-0.2, -0.15) is 5.10 Å². The molecular weight excluding hydrogens is 533 g/mol. The zero-order valence-electron chi connectivity index (χ0n) is 19.0. The van der Waals surface area contributed by atoms with Crippen LogP contribution in [0.3, 0.4) is 0 Å². The molecule has 1 aliphatic rings. The zero-order valence-corrected chi connectivity index (χ0v) is 22.2. The number of carbonyl (C=O) groups excluding carboxylic acids is 1. The number of benzene rings is 3. The number of para-hydroxylation sites is 1. The molecule has 0 radical (unpaired) electrons. The number of thiocarbonyl (C=S) groups is 1. The number of rotatable bonds is 6. The van der Waals surface area contributed by atoms with Gasteiger partial charge in [-0.15, -0.1) is 0 Å². The quantitative estimate of drug-likeness (QED) is 0.186. The molecule has 0 N–H and O–H groups in total. The van der Waals surface area contributed by atoms with Crippen molar-refractivity contribution < 1.29 is 9.53 Å². The van der Waals surface area contributed by atoms with E-state index in [4.69, 9.17) is 45.3 Å². The second kappa shape index (κ2) is 10.5. The molecule has 0 bridgehead atoms. The first-order valence-corrected chi connectivity index (χ1v) is 12.9. The first-order chi connectivity index (χ1) is 17.4. The second-order valence-corrected chi connectivity index (χ2v) is 10.4. The average Bonchev–Trinajstić information content (AvgIpc) is 3.42. The molecule has 0 aliphatic carbocycles. The summed E-state index contributed by atoms with van der Waals surface area (Å²) >= 11 is 19.5. The molecule has 3 aromatic carbocycles. The number of hydrogen-bond donors (Lipinski definition) is 0. The van der Waals surface area contributed by atoms with Crippen molar-refractivity contribution >= 4 is 63.5 Å². The highest BCUT2D eigenvalue weighted by Crippen LogP contribution is 2.37. The van der Waals surface area contributed by atoms with E-state index in [1.807, 2.05) is 66.9 Å². The molecule has 4 aromatic rings. The summed E-state index contributed by atoms with van der Waals surface area (Å²) < 4.78 is 7.56. The molecule has 0 atom stereocenters. The molecule has 180 valence electrons. The van der Waals surface area contributed by atoms with E-state index in [0.717, 1.165) is 22.4 Å². The van der Waals surface area contributed by atoms with Crippen molar-refractivity contribution in [2.24, 2.45) is 0 Å². The Labute approximate surface area is 228 Å². The molecule has 9 heteroatoms. The van der Waals surface area contributed by atoms with Crippen molar-refractivity contribution in [3.63, 3.8) is 0 Å². The van der Waals surface area contributed by atoms with Crippen LogP contribution >= 0.6 is 47.2 Å². The van der Waals surface area contributed by atoms with Gasteiger partial charge >= 0.3 is 0 Å². The minimum Gasteiger partial charge on any atom is -0.495 e. The van der Waals surface area contributed by atoms with E-state index in [1.54, 1.807) is 34.9 Å². The third-order valence-corrected chi connectivity index (χ3v) is 7.68. The standard InChI is InChI=1S/C27H19Cl2N3O2S2/c1-34-23-12-11-17(13-22(23)29)25-19(16-32(30-25)20-8-3-2-4-9-20)14-24-26(33)31(27(35)36-24)15-18-7-5-6-10-21(18)28/h2-14,16H,15H2,1H3. The first-order valence-electron chi connectivity index (χ1n) is 10.9. The van der Waals surface area contributed by atoms with E-state index < -0.39 is 0 Å². The van der Waals surface area contributed by atoms with Crippen LogP contribution in [0.25, 0.3) is 23.0 Å². The lowest BCUT2D eigenvalue weighted by atomic mass is 10.1. The van der Waals surface area contributed by atoms with Gasteiger partial charge in [-0.1, -0.05) is 83.6 Å². The van der Waals surface area contributed by atoms with Crippen LogP contribution in [-0.2, 0) is 11.3 Å². The van der Waals surface area contributed by atoms with Crippen LogP contribution in [0, 0.1) is 0 Å². The van der Waals surface area contributed by atoms with Crippen molar-refractivity contribution in [1.29, 1.82) is 0 Å². The van der Waals surface area contributed by atoms with Gasteiger partial charge in [0.25, 0.3) is 5.91 Å². The molecule has 0 saturated carbocycles. The van der Waals surface area contributed by atoms with Crippen molar-refractivity contribution in [2.45, 2.75) is 6.54 Å². The predicted molar refractivity (Wildman–Crippen MR) is 151 cm³/mol. The number of aromatic nitrogens is 2. The summed E-state index contributed by atoms with van der Waals surface area (Å²) in [5.74, 6) is 0.404. The van der Waals surface area contributed by atoms with Gasteiger partial charge in [-0.25, -0.2) is 4.68 Å². The second-order valence-electron chi connectivity index (χ2n) is 7.92. The van der Waals surface area contributed by atoms with Gasteiger partial charge in [0.05, 0.1) is 29.3 Å². The molecule has 1 aromatic heterocycles. The summed E-state index contributed by atoms with van der Waals surface area (Å²) in [7, 11) is 1.57. The molecule has 1 aliphatic heterocycles. The van der Waals surface area contributed by atoms with Gasteiger partial charge in [0.1, 0.15) is 15.8 Å². The van der Waals surface area contributed by atoms with E-state index >= 15 is 0 Å². The Bertz CT molecular complexity index is 1500. The topological polar surface area (TPSA) is 47.4 Å². The Kier molecular flexibility index (Phi) is 7.16. The number of hydrogen-bond acceptors (Lipinski definition) is 5. The maximum atomic E-state index is 13.3. The molecule has 0 unspecified atom stereocenters. The van der Waals surface area contributed by atoms with Crippen LogP contribution in [0.2, 0.25) is 10.0 Å². The number of thioether (sulfide) groups is 1. The monoisotopic (exact) mass is 551 g/mol. The predicted octanol–water partition coefficient (Wildman–Crippen LogP) is 7.26. The molecule has 0 spiro atoms. The lowest BCUT2D eigenvalue weighted by Gasteiger charge is -2.15. The van der Waals surface area contributed by atoms with E-state index in [9.17, 15) is 4.79 Å². The molecule has 1 amide bonds. The summed E-state index contributed by atoms with van der Waals surface area (Å²) in [5.41, 5.74) is 3.97. The highest BCUT2D eigenvalue weighted by Gasteiger charge is 2.33. The van der Waals surface area contributed by atoms with Crippen LogP contribution in [0.1, 0.15) is 11.1 Å². The fraction of sp³-hybridized carbons (Fsp3) is 0.0741. The molecular formula is C27H19Cl2N3O2S2. The highest BCUT2D eigenvalue weighted by molar-refractivity contribution is 8.26. The van der Waals surface area contributed by atoms with E-state index in [2.05, 4.69) is 0 Å². The lowest BCUT2D eigenvalue weighted by molar-refractivity contribution is -0.122. The van der Waals surface area contributed by atoms with Gasteiger partial charge in [-0.05, 0) is 48.0 Å². The summed E-state index contributed by atoms with van der Waals surface area (Å²) in [6, 6.07) is 22.7. The van der Waals surface area contributed by atoms with Gasteiger partial charge in [0.2, 0.25) is 0 Å². The lowest BCUT2D eigenvalue weighted by Crippen LogP contribution is -2.27. The van der Waals surface area contributed by atoms with Crippen LogP contribution < -0.4 is 4.74 Å². The van der Waals surface area contributed by atoms with E-state index in [-0.39, 0.29) is 5.91 Å². The largest absolute Gasteiger partial charge is 0.495 e. The highest BCUT2D eigenvalue weighted by atomic mass is 35.5. The number of nitrogens with zero attached hydrogens (tertiary/aromatic N) is 3. The van der Waals surface area contributed by atoms with Crippen LogP contribution in [-0.4, -0.2) is 32.0 Å². The van der Waals surface area contributed by atoms with E-state index in [0.29, 0.717) is 37.3 Å². The number of carbonyl (C=O) groups is 1. The number of ether oxygens (including phenoxy) is 1. The van der Waals surface area contributed by atoms with Crippen molar-refractivity contribution in [1.82, 2.24) is 14.7 Å². The zero-order chi connectivity index (χ0) is 25.2. The minimum atomic E-state index is -0.170. The Balaban J connectivity index is 1.54. The number of halogens is 2. The van der Waals surface area contributed by atoms with Crippen molar-refractivity contribution in [3.05, 3.63) is 105 Å². The average molecular weight is 553 g/mol. The molecule has 5 rings (SSSR count). The van der Waals surface area contributed by atoms with Gasteiger partial charge in [-0.3, -0.25) is 9.69 Å². The van der Waals surface area contributed by atoms with Crippen molar-refractivity contribution in [3.8, 4) is 22.7 Å². The van der Waals surface area contributed by atoms with Gasteiger partial charge in [0.15, 0.2) is 0 Å². The summed E-state index contributed by atoms with van der Waals surface area (Å²) in [4.78, 5) is 15.4. The third-order valence-electron chi connectivity index (χ3n) is 5.63. The van der Waals surface area contributed by atoms with Gasteiger partial charge in [0, 0.05) is 22.3 Å². The fourth-order valence-corrected chi connectivity index (χ4v) is 5.52. The summed E-state index contributed by atoms with van der Waals surface area (Å²) in [5, 5.41) is 5.89.